The van der Waals surface area contributed by atoms with Crippen LogP contribution in [0.2, 0.25) is 0 Å². The molecule has 0 aromatic carbocycles. The Balaban J connectivity index is 1.53. The van der Waals surface area contributed by atoms with Crippen molar-refractivity contribution in [3.63, 3.8) is 0 Å². The minimum Gasteiger partial charge on any atom is -0.477 e. The summed E-state index contributed by atoms with van der Waals surface area (Å²) in [6.45, 7) is 0. The molecule has 5 N–H and O–H groups in total. The van der Waals surface area contributed by atoms with Gasteiger partial charge in [-0.2, -0.15) is 5.16 Å². The lowest BCUT2D eigenvalue weighted by atomic mass is 10.0. The summed E-state index contributed by atoms with van der Waals surface area (Å²) in [5.41, 5.74) is 5.34. The van der Waals surface area contributed by atoms with Crippen LogP contribution in [0.5, 0.6) is 0 Å². The van der Waals surface area contributed by atoms with Crippen molar-refractivity contribution >= 4 is 57.8 Å². The largest absolute Gasteiger partial charge is 0.477 e. The molecule has 2 aliphatic rings. The number of aromatic nitrogens is 2. The number of oxime groups is 1. The second-order valence-corrected chi connectivity index (χ2v) is 8.68. The van der Waals surface area contributed by atoms with E-state index in [0.29, 0.717) is 5.57 Å². The number of carbonyl (C=O) groups excluding carboxylic acids is 2. The zero-order valence-corrected chi connectivity index (χ0v) is 18.4. The molecular formula is C18H16N6O7S2. The summed E-state index contributed by atoms with van der Waals surface area (Å²) in [5.74, 6) is -2.15. The molecule has 0 saturated carbocycles. The molecule has 2 amide bonds. The minimum atomic E-state index is -1.30. The summed E-state index contributed by atoms with van der Waals surface area (Å²) in [7, 11) is 1.26. The third kappa shape index (κ3) is 4.27. The highest BCUT2D eigenvalue weighted by Gasteiger charge is 2.54. The molecule has 0 spiro atoms. The van der Waals surface area contributed by atoms with E-state index in [-0.39, 0.29) is 33.7 Å². The number of anilines is 1. The summed E-state index contributed by atoms with van der Waals surface area (Å²) in [6.07, 6.45) is 2.89. The van der Waals surface area contributed by atoms with Gasteiger partial charge in [0.1, 0.15) is 29.9 Å². The molecule has 1 saturated heterocycles. The molecule has 2 aliphatic heterocycles. The van der Waals surface area contributed by atoms with E-state index in [9.17, 15) is 24.3 Å². The first-order valence-corrected chi connectivity index (χ1v) is 11.1. The van der Waals surface area contributed by atoms with Gasteiger partial charge >= 0.3 is 5.97 Å². The molecule has 4 rings (SSSR count). The predicted octanol–water partition coefficient (Wildman–Crippen LogP) is -0.191. The van der Waals surface area contributed by atoms with Crippen LogP contribution in [0.1, 0.15) is 11.5 Å². The number of fused-ring (bicyclic) bond motifs is 1. The monoisotopic (exact) mass is 492 g/mol. The molecule has 0 radical (unpaired) electrons. The number of nitrogens with zero attached hydrogens (tertiary/aromatic N) is 3. The molecule has 15 heteroatoms. The maximum Gasteiger partial charge on any atom is 0.352 e. The summed E-state index contributed by atoms with van der Waals surface area (Å²) >= 11 is 2.38. The van der Waals surface area contributed by atoms with Crippen LogP contribution >= 0.6 is 23.1 Å². The lowest BCUT2D eigenvalue weighted by Crippen LogP contribution is -2.71. The predicted molar refractivity (Wildman–Crippen MR) is 118 cm³/mol. The first-order chi connectivity index (χ1) is 15.8. The lowest BCUT2D eigenvalue weighted by Gasteiger charge is -2.49. The van der Waals surface area contributed by atoms with Crippen molar-refractivity contribution in [3.05, 3.63) is 50.6 Å². The van der Waals surface area contributed by atoms with Gasteiger partial charge in [-0.1, -0.05) is 11.2 Å². The maximum absolute atomic E-state index is 12.8. The Morgan fingerprint density at radius 1 is 1.45 bits per heavy atom. The van der Waals surface area contributed by atoms with Crippen LogP contribution in [0.3, 0.4) is 0 Å². The van der Waals surface area contributed by atoms with E-state index in [1.165, 1.54) is 42.5 Å². The van der Waals surface area contributed by atoms with E-state index in [2.05, 4.69) is 20.6 Å². The number of allylic oxidation sites excluding steroid dienone is 1. The fourth-order valence-electron chi connectivity index (χ4n) is 3.24. The smallest absolute Gasteiger partial charge is 0.352 e. The Hall–Kier alpha value is -3.85. The normalized spacial score (nSPS) is 20.6. The molecule has 0 aliphatic carbocycles. The minimum absolute atomic E-state index is 0.164. The van der Waals surface area contributed by atoms with E-state index in [0.717, 1.165) is 16.2 Å². The van der Waals surface area contributed by atoms with Gasteiger partial charge in [0, 0.05) is 11.1 Å². The molecule has 2 atom stereocenters. The number of nitrogens with two attached hydrogens (primary N) is 1. The number of aliphatic carboxylic acids is 1. The fraction of sp³-hybridized carbons (Fsp3) is 0.222. The molecule has 4 heterocycles. The van der Waals surface area contributed by atoms with Gasteiger partial charge in [-0.05, 0) is 11.6 Å². The van der Waals surface area contributed by atoms with E-state index in [1.54, 1.807) is 0 Å². The van der Waals surface area contributed by atoms with E-state index >= 15 is 0 Å². The molecule has 1 fully saturated rings. The van der Waals surface area contributed by atoms with Crippen LogP contribution in [0.15, 0.2) is 43.3 Å². The van der Waals surface area contributed by atoms with Gasteiger partial charge in [-0.25, -0.2) is 9.78 Å². The summed E-state index contributed by atoms with van der Waals surface area (Å²) in [5, 5.41) is 19.2. The van der Waals surface area contributed by atoms with Gasteiger partial charge < -0.3 is 25.5 Å². The van der Waals surface area contributed by atoms with Gasteiger partial charge in [-0.3, -0.25) is 19.3 Å². The highest BCUT2D eigenvalue weighted by molar-refractivity contribution is 8.00. The first kappa shape index (κ1) is 22.3. The molecular weight excluding hydrogens is 476 g/mol. The number of rotatable bonds is 7. The van der Waals surface area contributed by atoms with E-state index < -0.39 is 34.8 Å². The fourth-order valence-corrected chi connectivity index (χ4v) is 5.10. The Bertz CT molecular complexity index is 1270. The standard InChI is InChI=1S/C18H16N6O7S2/c1-30-23-11(9-6-33-18(19)20-9)14(26)21-12-15(27)24-13(17(28)29)7(5-32-16(12)24)2-3-8-4-10(25)22-31-8/h2-4,6,12,16H,5H2,1H3,(H2,19,20)(H,21,26)(H,22,25)(H,28,29)/b3-2-,23-11-/t12-,16-/m1/s1. The number of amides is 2. The Morgan fingerprint density at radius 2 is 2.24 bits per heavy atom. The Kier molecular flexibility index (Phi) is 6.06. The number of thioether (sulfide) groups is 1. The number of hydrogen-bond acceptors (Lipinski definition) is 11. The van der Waals surface area contributed by atoms with Crippen molar-refractivity contribution < 1.29 is 28.9 Å². The Morgan fingerprint density at radius 3 is 2.85 bits per heavy atom. The second kappa shape index (κ2) is 8.95. The summed E-state index contributed by atoms with van der Waals surface area (Å²) in [4.78, 5) is 58.4. The number of thiazole rings is 1. The molecule has 13 nitrogen and oxygen atoms in total. The molecule has 172 valence electrons. The van der Waals surface area contributed by atoms with E-state index in [1.807, 2.05) is 0 Å². The van der Waals surface area contributed by atoms with Crippen molar-refractivity contribution in [2.45, 2.75) is 11.4 Å². The number of hydrogen-bond donors (Lipinski definition) is 4. The van der Waals surface area contributed by atoms with Gasteiger partial charge in [0.15, 0.2) is 16.6 Å². The number of β-lactam (4-membered cyclic amide) rings is 1. The van der Waals surface area contributed by atoms with E-state index in [4.69, 9.17) is 15.1 Å². The number of nitrogen functional groups attached to an aromatic ring is 1. The lowest BCUT2D eigenvalue weighted by molar-refractivity contribution is -0.150. The average molecular weight is 492 g/mol. The van der Waals surface area contributed by atoms with Gasteiger partial charge in [0.2, 0.25) is 0 Å². The average Bonchev–Trinajstić information content (AvgIpc) is 3.40. The number of carboxylic acid groups (broad SMARTS) is 1. The number of H-pyrrole nitrogens is 1. The van der Waals surface area contributed by atoms with Crippen LogP contribution in [-0.2, 0) is 19.2 Å². The zero-order chi connectivity index (χ0) is 23.7. The number of aromatic amines is 1. The van der Waals surface area contributed by atoms with Crippen molar-refractivity contribution in [2.24, 2.45) is 5.16 Å². The zero-order valence-electron chi connectivity index (χ0n) is 16.8. The molecule has 2 aromatic rings. The van der Waals surface area contributed by atoms with Crippen molar-refractivity contribution in [3.8, 4) is 0 Å². The Labute approximate surface area is 192 Å². The van der Waals surface area contributed by atoms with Crippen LogP contribution in [0.25, 0.3) is 6.08 Å². The maximum atomic E-state index is 12.8. The summed E-state index contributed by atoms with van der Waals surface area (Å²) < 4.78 is 4.91. The van der Waals surface area contributed by atoms with Crippen molar-refractivity contribution in [1.29, 1.82) is 0 Å². The van der Waals surface area contributed by atoms with Gasteiger partial charge in [0.05, 0.1) is 6.07 Å². The third-order valence-electron chi connectivity index (χ3n) is 4.64. The number of carbonyl (C=O) groups is 3. The summed E-state index contributed by atoms with van der Waals surface area (Å²) in [6, 6.07) is 0.231. The molecule has 2 aromatic heterocycles. The van der Waals surface area contributed by atoms with Crippen LogP contribution in [0, 0.1) is 0 Å². The van der Waals surface area contributed by atoms with Crippen LogP contribution < -0.4 is 16.6 Å². The van der Waals surface area contributed by atoms with Gasteiger partial charge in [-0.15, -0.1) is 23.1 Å². The molecule has 0 bridgehead atoms. The number of carboxylic acids is 1. The first-order valence-electron chi connectivity index (χ1n) is 9.21. The van der Waals surface area contributed by atoms with Gasteiger partial charge in [0.25, 0.3) is 17.4 Å². The van der Waals surface area contributed by atoms with Crippen molar-refractivity contribution in [2.75, 3.05) is 18.6 Å². The second-order valence-electron chi connectivity index (χ2n) is 6.68. The SMILES string of the molecule is CO/N=C(\C(=O)N[C@@H]1C(=O)N2C(C(=O)O)=C(/C=C\c3cc(=O)[nH]o3)CS[C@H]12)c1csc(N)n1. The molecule has 33 heavy (non-hydrogen) atoms. The van der Waals surface area contributed by atoms with Crippen LogP contribution in [-0.4, -0.2) is 67.9 Å². The van der Waals surface area contributed by atoms with Crippen LogP contribution in [0.4, 0.5) is 5.13 Å². The quantitative estimate of drug-likeness (QED) is 0.229. The van der Waals surface area contributed by atoms with Crippen molar-refractivity contribution in [1.82, 2.24) is 20.4 Å². The third-order valence-corrected chi connectivity index (χ3v) is 6.62. The highest BCUT2D eigenvalue weighted by Crippen LogP contribution is 2.40. The highest BCUT2D eigenvalue weighted by atomic mass is 32.2. The number of nitrogens with one attached hydrogen (secondary N) is 2. The topological polar surface area (TPSA) is 193 Å². The molecule has 0 unspecified atom stereocenters.